The number of benzene rings is 1. The van der Waals surface area contributed by atoms with Crippen LogP contribution in [0.15, 0.2) is 29.1 Å². The maximum atomic E-state index is 13.5. The molecule has 0 bridgehead atoms. The van der Waals surface area contributed by atoms with Gasteiger partial charge in [-0.15, -0.1) is 0 Å². The predicted octanol–water partition coefficient (Wildman–Crippen LogP) is 2.28. The lowest BCUT2D eigenvalue weighted by Crippen LogP contribution is -2.52. The summed E-state index contributed by atoms with van der Waals surface area (Å²) in [6.45, 7) is 9.97. The van der Waals surface area contributed by atoms with Crippen molar-refractivity contribution in [3.63, 3.8) is 0 Å². The first kappa shape index (κ1) is 29.8. The number of nitrogens with zero attached hydrogens (tertiary/aromatic N) is 4. The maximum absolute atomic E-state index is 13.5. The van der Waals surface area contributed by atoms with Crippen molar-refractivity contribution in [2.75, 3.05) is 32.7 Å². The molecule has 3 aliphatic rings. The summed E-state index contributed by atoms with van der Waals surface area (Å²) in [6, 6.07) is 7.33. The van der Waals surface area contributed by atoms with E-state index in [-0.39, 0.29) is 48.2 Å². The Morgan fingerprint density at radius 1 is 1.11 bits per heavy atom. The molecule has 3 aromatic rings. The largest absolute Gasteiger partial charge is 0.458 e. The molecule has 0 aliphatic carbocycles. The second kappa shape index (κ2) is 11.3. The predicted molar refractivity (Wildman–Crippen MR) is 161 cm³/mol. The van der Waals surface area contributed by atoms with Crippen molar-refractivity contribution >= 4 is 28.9 Å². The van der Waals surface area contributed by atoms with Crippen LogP contribution in [0.3, 0.4) is 0 Å². The summed E-state index contributed by atoms with van der Waals surface area (Å²) in [5.74, 6) is -0.377. The Labute approximate surface area is 254 Å². The highest BCUT2D eigenvalue weighted by molar-refractivity contribution is 5.89. The van der Waals surface area contributed by atoms with Crippen LogP contribution in [-0.4, -0.2) is 81.2 Å². The van der Waals surface area contributed by atoms with Crippen molar-refractivity contribution in [1.29, 1.82) is 0 Å². The van der Waals surface area contributed by atoms with Gasteiger partial charge in [-0.2, -0.15) is 0 Å². The Kier molecular flexibility index (Phi) is 7.66. The van der Waals surface area contributed by atoms with E-state index in [4.69, 9.17) is 14.5 Å². The van der Waals surface area contributed by atoms with Crippen molar-refractivity contribution in [3.8, 4) is 17.1 Å². The molecule has 232 valence electrons. The summed E-state index contributed by atoms with van der Waals surface area (Å²) in [4.78, 5) is 59.8. The van der Waals surface area contributed by atoms with Crippen molar-refractivity contribution in [3.05, 3.63) is 56.9 Å². The third kappa shape index (κ3) is 5.11. The molecule has 12 nitrogen and oxygen atoms in total. The van der Waals surface area contributed by atoms with E-state index >= 15 is 0 Å². The molecule has 2 amide bonds. The first-order chi connectivity index (χ1) is 21.0. The van der Waals surface area contributed by atoms with E-state index in [0.29, 0.717) is 56.3 Å². The number of cyclic esters (lactones) is 1. The highest BCUT2D eigenvalue weighted by atomic mass is 16.6. The monoisotopic (exact) mass is 603 g/mol. The lowest BCUT2D eigenvalue weighted by Gasteiger charge is -2.33. The number of piperazine rings is 1. The molecular formula is C32H37N5O7. The fourth-order valence-corrected chi connectivity index (χ4v) is 6.29. The quantitative estimate of drug-likeness (QED) is 0.317. The third-order valence-corrected chi connectivity index (χ3v) is 8.70. The standard InChI is InChI=1S/C32H37N5O7/c1-5-19-12-22(44-31(41)36-9-7-35(8-10-36)16-26(38)33-18(3)4)13-20-11-21-15-37-25(28(21)34-27(19)20)14-24-23(29(37)39)17-43-30(40)32(24,42)6-2/h11-14,18,42H,5-10,15-17H2,1-4H3,(H,33,38)/t32-/m0/s1. The summed E-state index contributed by atoms with van der Waals surface area (Å²) in [5.41, 5.74) is 1.93. The van der Waals surface area contributed by atoms with E-state index in [1.165, 1.54) is 0 Å². The van der Waals surface area contributed by atoms with Crippen LogP contribution in [0.25, 0.3) is 22.3 Å². The summed E-state index contributed by atoms with van der Waals surface area (Å²) >= 11 is 0. The fourth-order valence-electron chi connectivity index (χ4n) is 6.29. The Hall–Kier alpha value is -4.29. The molecule has 0 unspecified atom stereocenters. The van der Waals surface area contributed by atoms with Gasteiger partial charge in [-0.1, -0.05) is 13.8 Å². The number of aromatic nitrogens is 2. The SMILES string of the molecule is CCc1cc(OC(=O)N2CCN(CC(=O)NC(C)C)CC2)cc2cc3c(nc12)-c1cc2c(c(=O)n1C3)COC(=O)[C@]2(O)CC. The van der Waals surface area contributed by atoms with Gasteiger partial charge in [0.25, 0.3) is 5.56 Å². The molecule has 44 heavy (non-hydrogen) atoms. The van der Waals surface area contributed by atoms with Gasteiger partial charge in [-0.05, 0) is 56.5 Å². The number of hydrogen-bond acceptors (Lipinski definition) is 9. The lowest BCUT2D eigenvalue weighted by atomic mass is 9.86. The summed E-state index contributed by atoms with van der Waals surface area (Å²) in [6.07, 6.45) is 0.256. The zero-order valence-corrected chi connectivity index (χ0v) is 25.4. The van der Waals surface area contributed by atoms with E-state index in [2.05, 4.69) is 5.32 Å². The third-order valence-electron chi connectivity index (χ3n) is 8.70. The second-order valence-corrected chi connectivity index (χ2v) is 12.0. The molecule has 5 heterocycles. The number of ether oxygens (including phenoxy) is 2. The molecular weight excluding hydrogens is 566 g/mol. The molecule has 1 atom stereocenters. The Morgan fingerprint density at radius 3 is 2.55 bits per heavy atom. The summed E-state index contributed by atoms with van der Waals surface area (Å²) < 4.78 is 12.6. The number of rotatable bonds is 6. The highest BCUT2D eigenvalue weighted by Gasteiger charge is 2.45. The van der Waals surface area contributed by atoms with Gasteiger partial charge in [-0.25, -0.2) is 14.6 Å². The van der Waals surface area contributed by atoms with Crippen LogP contribution in [0.2, 0.25) is 0 Å². The number of aryl methyl sites for hydroxylation is 1. The average Bonchev–Trinajstić information content (AvgIpc) is 3.35. The van der Waals surface area contributed by atoms with Crippen molar-refractivity contribution in [2.24, 2.45) is 0 Å². The van der Waals surface area contributed by atoms with Crippen molar-refractivity contribution in [2.45, 2.75) is 65.3 Å². The molecule has 1 fully saturated rings. The number of carbonyl (C=O) groups excluding carboxylic acids is 3. The van der Waals surface area contributed by atoms with Crippen LogP contribution in [0.5, 0.6) is 5.75 Å². The van der Waals surface area contributed by atoms with E-state index in [1.54, 1.807) is 28.5 Å². The molecule has 0 spiro atoms. The van der Waals surface area contributed by atoms with Crippen molar-refractivity contribution < 1.29 is 29.0 Å². The number of fused-ring (bicyclic) bond motifs is 5. The molecule has 2 aromatic heterocycles. The Bertz CT molecular complexity index is 1740. The minimum Gasteiger partial charge on any atom is -0.458 e. The minimum atomic E-state index is -1.88. The van der Waals surface area contributed by atoms with Crippen LogP contribution in [0, 0.1) is 0 Å². The van der Waals surface area contributed by atoms with Crippen LogP contribution >= 0.6 is 0 Å². The summed E-state index contributed by atoms with van der Waals surface area (Å²) in [5, 5.41) is 14.8. The van der Waals surface area contributed by atoms with E-state index < -0.39 is 17.7 Å². The molecule has 6 rings (SSSR count). The van der Waals surface area contributed by atoms with Crippen LogP contribution < -0.4 is 15.6 Å². The van der Waals surface area contributed by atoms with Gasteiger partial charge >= 0.3 is 12.1 Å². The first-order valence-corrected chi connectivity index (χ1v) is 15.1. The normalized spacial score (nSPS) is 19.4. The van der Waals surface area contributed by atoms with E-state index in [0.717, 1.165) is 22.0 Å². The number of pyridine rings is 2. The average molecular weight is 604 g/mol. The number of nitrogens with one attached hydrogen (secondary N) is 1. The summed E-state index contributed by atoms with van der Waals surface area (Å²) in [7, 11) is 0. The van der Waals surface area contributed by atoms with Crippen LogP contribution in [-0.2, 0) is 39.5 Å². The van der Waals surface area contributed by atoms with Gasteiger partial charge in [0.15, 0.2) is 5.60 Å². The molecule has 0 radical (unpaired) electrons. The topological polar surface area (TPSA) is 143 Å². The fraction of sp³-hybridized carbons (Fsp3) is 0.469. The zero-order valence-electron chi connectivity index (χ0n) is 25.4. The van der Waals surface area contributed by atoms with Gasteiger partial charge in [0.2, 0.25) is 5.91 Å². The smallest absolute Gasteiger partial charge is 0.415 e. The minimum absolute atomic E-state index is 0.0291. The van der Waals surface area contributed by atoms with E-state index in [9.17, 15) is 24.3 Å². The molecule has 2 N–H and O–H groups in total. The number of hydrogen-bond donors (Lipinski definition) is 2. The maximum Gasteiger partial charge on any atom is 0.415 e. The number of aliphatic hydroxyl groups is 1. The number of esters is 1. The Morgan fingerprint density at radius 2 is 1.86 bits per heavy atom. The van der Waals surface area contributed by atoms with Crippen LogP contribution in [0.4, 0.5) is 4.79 Å². The second-order valence-electron chi connectivity index (χ2n) is 12.0. The zero-order chi connectivity index (χ0) is 31.3. The lowest BCUT2D eigenvalue weighted by molar-refractivity contribution is -0.172. The number of carbonyl (C=O) groups is 3. The molecule has 0 saturated carbocycles. The molecule has 12 heteroatoms. The first-order valence-electron chi connectivity index (χ1n) is 15.1. The van der Waals surface area contributed by atoms with Gasteiger partial charge in [0.05, 0.1) is 35.6 Å². The van der Waals surface area contributed by atoms with Gasteiger partial charge in [0.1, 0.15) is 12.4 Å². The molecule has 1 aromatic carbocycles. The van der Waals surface area contributed by atoms with E-state index in [1.807, 2.05) is 37.8 Å². The molecule has 1 saturated heterocycles. The van der Waals surface area contributed by atoms with Crippen LogP contribution in [0.1, 0.15) is 56.4 Å². The van der Waals surface area contributed by atoms with Gasteiger partial charge < -0.3 is 29.4 Å². The molecule has 3 aliphatic heterocycles. The highest BCUT2D eigenvalue weighted by Crippen LogP contribution is 2.39. The van der Waals surface area contributed by atoms with Crippen molar-refractivity contribution in [1.82, 2.24) is 24.7 Å². The number of amides is 2. The Balaban J connectivity index is 1.25. The van der Waals surface area contributed by atoms with Gasteiger partial charge in [0, 0.05) is 48.7 Å². The van der Waals surface area contributed by atoms with Gasteiger partial charge in [-0.3, -0.25) is 14.5 Å².